The Balaban J connectivity index is 0.00000196. The third-order valence-electron chi connectivity index (χ3n) is 1.97. The Morgan fingerprint density at radius 3 is 1.60 bits per heavy atom. The predicted octanol–water partition coefficient (Wildman–Crippen LogP) is 0.714. The van der Waals surface area contributed by atoms with Gasteiger partial charge >= 0.3 is 0 Å². The summed E-state index contributed by atoms with van der Waals surface area (Å²) in [6, 6.07) is 7.62. The summed E-state index contributed by atoms with van der Waals surface area (Å²) < 4.78 is -0.580. The van der Waals surface area contributed by atoms with Crippen LogP contribution in [-0.4, -0.2) is 21.1 Å². The highest BCUT2D eigenvalue weighted by atomic mass is 35.6. The Morgan fingerprint density at radius 2 is 1.33 bits per heavy atom. The second-order valence-electron chi connectivity index (χ2n) is 4.06. The van der Waals surface area contributed by atoms with Crippen LogP contribution in [0.2, 0.25) is 0 Å². The van der Waals surface area contributed by atoms with Crippen LogP contribution in [0.5, 0.6) is 0 Å². The molecule has 0 aliphatic carbocycles. The fourth-order valence-corrected chi connectivity index (χ4v) is 1.48. The van der Waals surface area contributed by atoms with Crippen molar-refractivity contribution >= 4 is 40.5 Å². The van der Waals surface area contributed by atoms with Gasteiger partial charge in [-0.1, -0.05) is 34.8 Å². The summed E-state index contributed by atoms with van der Waals surface area (Å²) in [6.45, 7) is 0. The first-order chi connectivity index (χ1) is 6.21. The van der Waals surface area contributed by atoms with Gasteiger partial charge in [-0.2, -0.15) is 0 Å². The van der Waals surface area contributed by atoms with Crippen molar-refractivity contribution in [2.45, 2.75) is 3.79 Å². The summed E-state index contributed by atoms with van der Waals surface area (Å²) in [5, 5.41) is 0. The second-order valence-corrected chi connectivity index (χ2v) is 6.34. The summed E-state index contributed by atoms with van der Waals surface area (Å²) in [6.07, 6.45) is 0. The lowest BCUT2D eigenvalue weighted by molar-refractivity contribution is -0.00000290. The van der Waals surface area contributed by atoms with Crippen molar-refractivity contribution < 1.29 is 12.4 Å². The maximum absolute atomic E-state index is 5.75. The van der Waals surface area contributed by atoms with E-state index in [4.69, 9.17) is 34.8 Å². The molecular weight excluding hydrogens is 276 g/mol. The number of benzene rings is 1. The van der Waals surface area contributed by atoms with Gasteiger partial charge in [0.25, 0.3) is 0 Å². The zero-order valence-electron chi connectivity index (χ0n) is 8.77. The van der Waals surface area contributed by atoms with Gasteiger partial charge in [0.15, 0.2) is 0 Å². The topological polar surface area (TPSA) is 0 Å². The van der Waals surface area contributed by atoms with Crippen LogP contribution in [-0.2, 0) is 3.79 Å². The van der Waals surface area contributed by atoms with Gasteiger partial charge in [-0.15, -0.1) is 0 Å². The highest BCUT2D eigenvalue weighted by Gasteiger charge is 2.23. The van der Waals surface area contributed by atoms with Crippen LogP contribution < -0.4 is 16.9 Å². The highest BCUT2D eigenvalue weighted by Crippen LogP contribution is 2.38. The SMILES string of the molecule is C[N+](C)(C)c1ccc(C(Cl)(Cl)Cl)cc1.[Cl-]. The zero-order chi connectivity index (χ0) is 11.0. The minimum absolute atomic E-state index is 0. The molecule has 0 fully saturated rings. The van der Waals surface area contributed by atoms with Crippen LogP contribution in [0.3, 0.4) is 0 Å². The number of halogens is 4. The van der Waals surface area contributed by atoms with Gasteiger partial charge in [-0.25, -0.2) is 0 Å². The molecule has 0 aromatic heterocycles. The molecule has 0 N–H and O–H groups in total. The molecule has 0 atom stereocenters. The molecule has 86 valence electrons. The largest absolute Gasteiger partial charge is 1.00 e. The molecule has 0 saturated heterocycles. The van der Waals surface area contributed by atoms with Gasteiger partial charge in [0.2, 0.25) is 3.79 Å². The van der Waals surface area contributed by atoms with Crippen LogP contribution >= 0.6 is 34.8 Å². The summed E-state index contributed by atoms with van der Waals surface area (Å²) in [4.78, 5) is 0. The molecule has 0 aliphatic heterocycles. The van der Waals surface area contributed by atoms with E-state index in [1.54, 1.807) is 0 Å². The number of hydrogen-bond donors (Lipinski definition) is 0. The van der Waals surface area contributed by atoms with E-state index in [9.17, 15) is 0 Å². The maximum Gasteiger partial charge on any atom is 0.216 e. The fraction of sp³-hybridized carbons (Fsp3) is 0.400. The normalized spacial score (nSPS) is 12.1. The molecule has 0 spiro atoms. The third-order valence-corrected chi connectivity index (χ3v) is 2.62. The van der Waals surface area contributed by atoms with Crippen molar-refractivity contribution in [2.75, 3.05) is 21.1 Å². The maximum atomic E-state index is 5.75. The molecule has 0 heterocycles. The Labute approximate surface area is 112 Å². The van der Waals surface area contributed by atoms with E-state index in [1.165, 1.54) is 5.69 Å². The van der Waals surface area contributed by atoms with E-state index in [2.05, 4.69) is 21.1 Å². The quantitative estimate of drug-likeness (QED) is 0.528. The van der Waals surface area contributed by atoms with E-state index in [0.29, 0.717) is 5.56 Å². The molecule has 0 amide bonds. The van der Waals surface area contributed by atoms with Crippen molar-refractivity contribution in [1.82, 2.24) is 4.48 Å². The molecule has 15 heavy (non-hydrogen) atoms. The number of nitrogens with zero attached hydrogens (tertiary/aromatic N) is 1. The lowest BCUT2D eigenvalue weighted by Crippen LogP contribution is -3.00. The Bertz CT molecular complexity index is 275. The minimum atomic E-state index is -1.33. The molecule has 0 unspecified atom stereocenters. The van der Waals surface area contributed by atoms with Crippen molar-refractivity contribution in [3.8, 4) is 0 Å². The molecule has 1 rings (SSSR count). The van der Waals surface area contributed by atoms with Crippen molar-refractivity contribution in [3.05, 3.63) is 29.8 Å². The lowest BCUT2D eigenvalue weighted by Gasteiger charge is -2.24. The monoisotopic (exact) mass is 287 g/mol. The van der Waals surface area contributed by atoms with Gasteiger partial charge in [-0.05, 0) is 24.3 Å². The van der Waals surface area contributed by atoms with E-state index in [-0.39, 0.29) is 12.4 Å². The van der Waals surface area contributed by atoms with Gasteiger partial charge in [-0.3, -0.25) is 4.48 Å². The number of rotatable bonds is 1. The van der Waals surface area contributed by atoms with Crippen molar-refractivity contribution in [1.29, 1.82) is 0 Å². The second kappa shape index (κ2) is 5.11. The Kier molecular flexibility index (Phi) is 5.23. The van der Waals surface area contributed by atoms with E-state index in [1.807, 2.05) is 24.3 Å². The molecule has 1 aromatic rings. The molecule has 0 bridgehead atoms. The molecule has 1 aromatic carbocycles. The smallest absolute Gasteiger partial charge is 0.216 e. The van der Waals surface area contributed by atoms with Gasteiger partial charge in [0.1, 0.15) is 5.69 Å². The van der Waals surface area contributed by atoms with Crippen LogP contribution in [0.15, 0.2) is 24.3 Å². The average molecular weight is 289 g/mol. The van der Waals surface area contributed by atoms with Crippen molar-refractivity contribution in [2.24, 2.45) is 0 Å². The molecule has 1 nitrogen and oxygen atoms in total. The average Bonchev–Trinajstić information content (AvgIpc) is 2.01. The van der Waals surface area contributed by atoms with Crippen molar-refractivity contribution in [3.63, 3.8) is 0 Å². The summed E-state index contributed by atoms with van der Waals surface area (Å²) in [7, 11) is 6.26. The van der Waals surface area contributed by atoms with E-state index in [0.717, 1.165) is 4.48 Å². The first-order valence-corrected chi connectivity index (χ1v) is 5.34. The fourth-order valence-electron chi connectivity index (χ4n) is 1.10. The van der Waals surface area contributed by atoms with Crippen LogP contribution in [0.1, 0.15) is 5.56 Å². The Morgan fingerprint density at radius 1 is 0.933 bits per heavy atom. The van der Waals surface area contributed by atoms with Gasteiger partial charge in [0.05, 0.1) is 21.1 Å². The first-order valence-electron chi connectivity index (χ1n) is 4.20. The van der Waals surface area contributed by atoms with E-state index >= 15 is 0 Å². The highest BCUT2D eigenvalue weighted by molar-refractivity contribution is 6.66. The molecule has 0 radical (unpaired) electrons. The number of hydrogen-bond acceptors (Lipinski definition) is 0. The van der Waals surface area contributed by atoms with Gasteiger partial charge in [0, 0.05) is 5.56 Å². The lowest BCUT2D eigenvalue weighted by atomic mass is 10.2. The minimum Gasteiger partial charge on any atom is -1.00 e. The zero-order valence-corrected chi connectivity index (χ0v) is 11.8. The van der Waals surface area contributed by atoms with Crippen LogP contribution in [0, 0.1) is 0 Å². The standard InChI is InChI=1S/C10H13Cl3N.ClH/c1-14(2,3)9-6-4-8(5-7-9)10(11,12)13;/h4-7H,1-3H3;1H/q+1;/p-1. The Hall–Kier alpha value is 0.340. The number of alkyl halides is 3. The molecule has 0 saturated carbocycles. The first kappa shape index (κ1) is 15.3. The third kappa shape index (κ3) is 4.38. The predicted molar refractivity (Wildman–Crippen MR) is 65.2 cm³/mol. The van der Waals surface area contributed by atoms with Crippen LogP contribution in [0.25, 0.3) is 0 Å². The summed E-state index contributed by atoms with van der Waals surface area (Å²) in [5.74, 6) is 0. The molecular formula is C10H13Cl4N. The summed E-state index contributed by atoms with van der Waals surface area (Å²) in [5.41, 5.74) is 1.86. The van der Waals surface area contributed by atoms with E-state index < -0.39 is 3.79 Å². The summed E-state index contributed by atoms with van der Waals surface area (Å²) >= 11 is 17.3. The molecule has 0 aliphatic rings. The number of quaternary nitrogens is 1. The molecule has 5 heteroatoms. The van der Waals surface area contributed by atoms with Crippen LogP contribution in [0.4, 0.5) is 5.69 Å². The van der Waals surface area contributed by atoms with Gasteiger partial charge < -0.3 is 12.4 Å².